The number of hydrogen-bond donors (Lipinski definition) is 2. The summed E-state index contributed by atoms with van der Waals surface area (Å²) in [6.45, 7) is 7.95. The summed E-state index contributed by atoms with van der Waals surface area (Å²) < 4.78 is 0. The second kappa shape index (κ2) is 7.97. The number of aromatic nitrogens is 1. The molecule has 31 heavy (non-hydrogen) atoms. The van der Waals surface area contributed by atoms with Gasteiger partial charge in [-0.25, -0.2) is 4.98 Å². The van der Waals surface area contributed by atoms with E-state index in [1.807, 2.05) is 38.1 Å². The summed E-state index contributed by atoms with van der Waals surface area (Å²) in [7, 11) is 0. The second-order valence-electron chi connectivity index (χ2n) is 9.10. The van der Waals surface area contributed by atoms with Gasteiger partial charge in [-0.3, -0.25) is 9.59 Å². The average Bonchev–Trinajstić information content (AvgIpc) is 2.66. The van der Waals surface area contributed by atoms with Crippen LogP contribution in [0.1, 0.15) is 50.8 Å². The number of amides is 1. The predicted molar refractivity (Wildman–Crippen MR) is 123 cm³/mol. The second-order valence-corrected chi connectivity index (χ2v) is 9.54. The number of aryl methyl sites for hydroxylation is 1. The Labute approximate surface area is 187 Å². The van der Waals surface area contributed by atoms with Crippen LogP contribution in [0, 0.1) is 12.3 Å². The summed E-state index contributed by atoms with van der Waals surface area (Å²) in [4.78, 5) is 31.1. The molecule has 0 fully saturated rings. The van der Waals surface area contributed by atoms with E-state index in [1.165, 1.54) is 0 Å². The van der Waals surface area contributed by atoms with Gasteiger partial charge < -0.3 is 10.6 Å². The van der Waals surface area contributed by atoms with Crippen LogP contribution in [0.15, 0.2) is 65.0 Å². The first-order chi connectivity index (χ1) is 14.6. The molecule has 2 aliphatic rings. The highest BCUT2D eigenvalue weighted by Crippen LogP contribution is 2.46. The quantitative estimate of drug-likeness (QED) is 0.687. The molecule has 4 rings (SSSR count). The first kappa shape index (κ1) is 21.3. The predicted octanol–water partition coefficient (Wildman–Crippen LogP) is 5.29. The van der Waals surface area contributed by atoms with Gasteiger partial charge in [-0.1, -0.05) is 43.6 Å². The lowest BCUT2D eigenvalue weighted by molar-refractivity contribution is -0.118. The number of Topliss-reactive ketones (excluding diaryl/α,β-unsaturated/α-hetero) is 1. The maximum atomic E-state index is 13.4. The van der Waals surface area contributed by atoms with Crippen molar-refractivity contribution in [2.24, 2.45) is 5.41 Å². The molecule has 160 valence electrons. The van der Waals surface area contributed by atoms with Crippen molar-refractivity contribution in [1.29, 1.82) is 0 Å². The van der Waals surface area contributed by atoms with E-state index in [9.17, 15) is 9.59 Å². The van der Waals surface area contributed by atoms with Gasteiger partial charge in [0.1, 0.15) is 5.82 Å². The fourth-order valence-electron chi connectivity index (χ4n) is 4.52. The van der Waals surface area contributed by atoms with Gasteiger partial charge in [0.05, 0.1) is 0 Å². The lowest BCUT2D eigenvalue weighted by atomic mass is 9.68. The van der Waals surface area contributed by atoms with Crippen molar-refractivity contribution < 1.29 is 9.59 Å². The van der Waals surface area contributed by atoms with Crippen LogP contribution in [-0.2, 0) is 9.59 Å². The van der Waals surface area contributed by atoms with Crippen molar-refractivity contribution >= 4 is 29.1 Å². The van der Waals surface area contributed by atoms with Gasteiger partial charge in [0, 0.05) is 45.6 Å². The van der Waals surface area contributed by atoms with Crippen molar-refractivity contribution in [2.75, 3.05) is 5.32 Å². The van der Waals surface area contributed by atoms with Crippen LogP contribution in [-0.4, -0.2) is 16.7 Å². The Morgan fingerprint density at radius 3 is 2.52 bits per heavy atom. The Balaban J connectivity index is 1.80. The number of ketones is 1. The molecule has 1 atom stereocenters. The minimum absolute atomic E-state index is 0.0742. The Kier molecular flexibility index (Phi) is 5.48. The van der Waals surface area contributed by atoms with E-state index in [0.717, 1.165) is 29.1 Å². The number of carbonyl (C=O) groups excluding carboxylic acids is 2. The highest BCUT2D eigenvalue weighted by molar-refractivity contribution is 6.30. The zero-order valence-corrected chi connectivity index (χ0v) is 18.9. The number of pyridine rings is 1. The van der Waals surface area contributed by atoms with E-state index in [4.69, 9.17) is 11.6 Å². The zero-order chi connectivity index (χ0) is 22.3. The number of anilines is 1. The monoisotopic (exact) mass is 435 g/mol. The van der Waals surface area contributed by atoms with Gasteiger partial charge in [-0.15, -0.1) is 0 Å². The van der Waals surface area contributed by atoms with Gasteiger partial charge >= 0.3 is 0 Å². The minimum Gasteiger partial charge on any atom is -0.362 e. The fourth-order valence-corrected chi connectivity index (χ4v) is 4.65. The lowest BCUT2D eigenvalue weighted by Gasteiger charge is -2.39. The molecule has 0 unspecified atom stereocenters. The highest BCUT2D eigenvalue weighted by atomic mass is 35.5. The molecular weight excluding hydrogens is 410 g/mol. The number of hydrogen-bond acceptors (Lipinski definition) is 4. The minimum atomic E-state index is -0.457. The molecular formula is C25H26ClN3O2. The maximum Gasteiger partial charge on any atom is 0.255 e. The third-order valence-corrected chi connectivity index (χ3v) is 6.07. The van der Waals surface area contributed by atoms with Crippen LogP contribution in [0.4, 0.5) is 5.82 Å². The van der Waals surface area contributed by atoms with Crippen molar-refractivity contribution in [2.45, 2.75) is 46.5 Å². The van der Waals surface area contributed by atoms with Crippen LogP contribution < -0.4 is 10.6 Å². The first-order valence-electron chi connectivity index (χ1n) is 10.4. The fraction of sp³-hybridized carbons (Fsp3) is 0.320. The smallest absolute Gasteiger partial charge is 0.255 e. The molecule has 0 saturated heterocycles. The van der Waals surface area contributed by atoms with Crippen molar-refractivity contribution in [3.05, 3.63) is 81.3 Å². The van der Waals surface area contributed by atoms with E-state index in [1.54, 1.807) is 18.2 Å². The van der Waals surface area contributed by atoms with Crippen LogP contribution in [0.25, 0.3) is 0 Å². The normalized spacial score (nSPS) is 20.3. The average molecular weight is 436 g/mol. The Morgan fingerprint density at radius 1 is 1.13 bits per heavy atom. The standard InChI is InChI=1S/C25H26ClN3O2/c1-14-6-5-7-20(27-14)29-24(31)21-15(2)28-18-12-25(3,4)13-19(30)23(18)22(21)16-8-10-17(26)11-9-16/h5-11,22,28H,12-13H2,1-4H3,(H,27,29,31)/t22-/m0/s1. The van der Waals surface area contributed by atoms with E-state index in [0.29, 0.717) is 28.4 Å². The number of halogens is 1. The van der Waals surface area contributed by atoms with Gasteiger partial charge in [0.25, 0.3) is 5.91 Å². The summed E-state index contributed by atoms with van der Waals surface area (Å²) in [6, 6.07) is 12.9. The maximum absolute atomic E-state index is 13.4. The zero-order valence-electron chi connectivity index (χ0n) is 18.2. The molecule has 2 aromatic rings. The van der Waals surface area contributed by atoms with Crippen LogP contribution in [0.3, 0.4) is 0 Å². The first-order valence-corrected chi connectivity index (χ1v) is 10.8. The number of nitrogens with one attached hydrogen (secondary N) is 2. The molecule has 0 bridgehead atoms. The summed E-state index contributed by atoms with van der Waals surface area (Å²) >= 11 is 6.11. The largest absolute Gasteiger partial charge is 0.362 e. The summed E-state index contributed by atoms with van der Waals surface area (Å²) in [5, 5.41) is 6.90. The Hall–Kier alpha value is -2.92. The molecule has 2 heterocycles. The molecule has 6 heteroatoms. The number of dihydropyridines is 1. The number of rotatable bonds is 3. The van der Waals surface area contributed by atoms with Gasteiger partial charge in [-0.2, -0.15) is 0 Å². The van der Waals surface area contributed by atoms with E-state index in [2.05, 4.69) is 29.5 Å². The molecule has 1 aliphatic heterocycles. The van der Waals surface area contributed by atoms with Crippen molar-refractivity contribution in [1.82, 2.24) is 10.3 Å². The molecule has 1 aliphatic carbocycles. The molecule has 1 aromatic carbocycles. The van der Waals surface area contributed by atoms with Crippen LogP contribution in [0.5, 0.6) is 0 Å². The van der Waals surface area contributed by atoms with Crippen molar-refractivity contribution in [3.63, 3.8) is 0 Å². The van der Waals surface area contributed by atoms with Crippen LogP contribution in [0.2, 0.25) is 5.02 Å². The molecule has 5 nitrogen and oxygen atoms in total. The molecule has 1 amide bonds. The van der Waals surface area contributed by atoms with E-state index >= 15 is 0 Å². The summed E-state index contributed by atoms with van der Waals surface area (Å²) in [5.41, 5.74) is 4.41. The number of carbonyl (C=O) groups is 2. The Bertz CT molecular complexity index is 1130. The molecule has 1 aromatic heterocycles. The number of nitrogens with zero attached hydrogens (tertiary/aromatic N) is 1. The lowest BCUT2D eigenvalue weighted by Crippen LogP contribution is -2.39. The van der Waals surface area contributed by atoms with Gasteiger partial charge in [0.2, 0.25) is 0 Å². The molecule has 2 N–H and O–H groups in total. The summed E-state index contributed by atoms with van der Waals surface area (Å²) in [6.07, 6.45) is 1.20. The number of allylic oxidation sites excluding steroid dienone is 3. The van der Waals surface area contributed by atoms with E-state index < -0.39 is 5.92 Å². The SMILES string of the molecule is CC1=C(C(=O)Nc2cccc(C)n2)[C@H](c2ccc(Cl)cc2)C2=C(CC(C)(C)CC2=O)N1. The summed E-state index contributed by atoms with van der Waals surface area (Å²) in [5.74, 6) is -0.171. The topological polar surface area (TPSA) is 71.1 Å². The molecule has 0 spiro atoms. The third-order valence-electron chi connectivity index (χ3n) is 5.82. The van der Waals surface area contributed by atoms with Crippen LogP contribution >= 0.6 is 11.6 Å². The van der Waals surface area contributed by atoms with E-state index in [-0.39, 0.29) is 17.1 Å². The van der Waals surface area contributed by atoms with Gasteiger partial charge in [0.15, 0.2) is 5.78 Å². The van der Waals surface area contributed by atoms with Gasteiger partial charge in [-0.05, 0) is 55.5 Å². The third kappa shape index (κ3) is 4.28. The molecule has 0 radical (unpaired) electrons. The molecule has 0 saturated carbocycles. The highest BCUT2D eigenvalue weighted by Gasteiger charge is 2.42. The number of benzene rings is 1. The Morgan fingerprint density at radius 2 is 1.84 bits per heavy atom. The van der Waals surface area contributed by atoms with Crippen molar-refractivity contribution in [3.8, 4) is 0 Å².